The number of aryl methyl sites for hydroxylation is 1. The number of carbonyl (C=O) groups excluding carboxylic acids is 2. The van der Waals surface area contributed by atoms with Gasteiger partial charge in [0.2, 0.25) is 0 Å². The molecule has 3 aromatic rings. The van der Waals surface area contributed by atoms with E-state index in [-0.39, 0.29) is 46.6 Å². The van der Waals surface area contributed by atoms with E-state index in [1.165, 1.54) is 35.9 Å². The van der Waals surface area contributed by atoms with Gasteiger partial charge in [0.15, 0.2) is 0 Å². The highest BCUT2D eigenvalue weighted by molar-refractivity contribution is 6.08. The molecule has 1 amide bonds. The third kappa shape index (κ3) is 4.82. The molecule has 0 saturated carbocycles. The van der Waals surface area contributed by atoms with E-state index in [4.69, 9.17) is 4.74 Å². The van der Waals surface area contributed by atoms with Crippen LogP contribution in [0.25, 0.3) is 0 Å². The molecule has 3 atom stereocenters. The zero-order chi connectivity index (χ0) is 24.7. The average molecular weight is 553 g/mol. The van der Waals surface area contributed by atoms with Crippen LogP contribution in [0.3, 0.4) is 0 Å². The zero-order valence-electron chi connectivity index (χ0n) is 20.7. The zero-order valence-corrected chi connectivity index (χ0v) is 22.3. The number of hydrogen-bond donors (Lipinski definition) is 0. The van der Waals surface area contributed by atoms with Crippen molar-refractivity contribution in [1.82, 2.24) is 0 Å². The van der Waals surface area contributed by atoms with Crippen LogP contribution in [0.4, 0.5) is 10.1 Å². The molecule has 0 bridgehead atoms. The average Bonchev–Trinajstić information content (AvgIpc) is 3.16. The second-order valence-corrected chi connectivity index (χ2v) is 10.1. The number of anilines is 1. The number of rotatable bonds is 4. The number of quaternary nitrogens is 1. The quantitative estimate of drug-likeness (QED) is 0.368. The largest absolute Gasteiger partial charge is 1.00 e. The maximum atomic E-state index is 13.6. The van der Waals surface area contributed by atoms with Crippen LogP contribution in [0.2, 0.25) is 0 Å². The Hall–Kier alpha value is -3.03. The molecule has 2 aliphatic rings. The van der Waals surface area contributed by atoms with Gasteiger partial charge >= 0.3 is 5.97 Å². The van der Waals surface area contributed by atoms with Gasteiger partial charge < -0.3 is 31.1 Å². The summed E-state index contributed by atoms with van der Waals surface area (Å²) in [5.41, 5.74) is 5.59. The van der Waals surface area contributed by atoms with E-state index < -0.39 is 0 Å². The lowest BCUT2D eigenvalue weighted by atomic mass is 9.87. The van der Waals surface area contributed by atoms with Crippen molar-refractivity contribution in [1.29, 1.82) is 0 Å². The highest BCUT2D eigenvalue weighted by Gasteiger charge is 2.49. The molecule has 5 nitrogen and oxygen atoms in total. The molecule has 1 fully saturated rings. The van der Waals surface area contributed by atoms with Crippen molar-refractivity contribution in [2.75, 3.05) is 32.1 Å². The summed E-state index contributed by atoms with van der Waals surface area (Å²) in [6.07, 6.45) is 0.877. The lowest BCUT2D eigenvalue weighted by molar-refractivity contribution is -0.928. The molecule has 0 N–H and O–H groups in total. The number of amides is 1. The first kappa shape index (κ1) is 26.0. The fourth-order valence-corrected chi connectivity index (χ4v) is 5.76. The van der Waals surface area contributed by atoms with E-state index in [2.05, 4.69) is 32.2 Å². The molecule has 3 unspecified atom stereocenters. The number of likely N-dealkylation sites (N-methyl/N-ethyl adjacent to an activating group) is 1. The molecule has 0 aromatic heterocycles. The molecule has 36 heavy (non-hydrogen) atoms. The van der Waals surface area contributed by atoms with Gasteiger partial charge in [0.1, 0.15) is 12.4 Å². The first-order valence-corrected chi connectivity index (χ1v) is 12.0. The summed E-state index contributed by atoms with van der Waals surface area (Å²) in [5.74, 6) is -0.525. The molecule has 0 aliphatic carbocycles. The SMILES string of the molecule is COC(=O)c1ccc(C[N+]2(C)CCC3C(C2)c2cc(C)ccc2N3C(=O)c2ccc(F)cc2)cc1.[Br-]. The van der Waals surface area contributed by atoms with Crippen LogP contribution >= 0.6 is 0 Å². The molecule has 0 spiro atoms. The number of fused-ring (bicyclic) bond motifs is 3. The Morgan fingerprint density at radius 3 is 2.36 bits per heavy atom. The molecule has 0 radical (unpaired) electrons. The first-order valence-electron chi connectivity index (χ1n) is 12.0. The standard InChI is InChI=1S/C29H30FN2O3.BrH/c1-19-4-13-26-24(16-19)25-18-32(2,17-20-5-7-22(8-6-20)29(34)35-3)15-14-27(25)31(26)28(33)21-9-11-23(30)12-10-21;/h4-13,16,25,27H,14-15,17-18H2,1-3H3;1H/q+1;/p-1. The van der Waals surface area contributed by atoms with Gasteiger partial charge in [-0.3, -0.25) is 4.79 Å². The number of piperidine rings is 1. The third-order valence-electron chi connectivity index (χ3n) is 7.49. The van der Waals surface area contributed by atoms with Crippen molar-refractivity contribution in [3.63, 3.8) is 0 Å². The highest BCUT2D eigenvalue weighted by Crippen LogP contribution is 2.47. The summed E-state index contributed by atoms with van der Waals surface area (Å²) in [4.78, 5) is 27.3. The van der Waals surface area contributed by atoms with Gasteiger partial charge in [-0.15, -0.1) is 0 Å². The van der Waals surface area contributed by atoms with E-state index in [1.807, 2.05) is 29.2 Å². The third-order valence-corrected chi connectivity index (χ3v) is 7.49. The molecule has 3 aromatic carbocycles. The van der Waals surface area contributed by atoms with Crippen LogP contribution in [0, 0.1) is 12.7 Å². The molecular formula is C29H30BrFN2O3. The van der Waals surface area contributed by atoms with Crippen molar-refractivity contribution in [2.24, 2.45) is 0 Å². The van der Waals surface area contributed by atoms with E-state index in [0.29, 0.717) is 11.1 Å². The van der Waals surface area contributed by atoms with E-state index in [1.54, 1.807) is 12.1 Å². The van der Waals surface area contributed by atoms with E-state index in [9.17, 15) is 14.0 Å². The van der Waals surface area contributed by atoms with Gasteiger partial charge in [0.25, 0.3) is 5.91 Å². The van der Waals surface area contributed by atoms with E-state index >= 15 is 0 Å². The van der Waals surface area contributed by atoms with Crippen molar-refractivity contribution in [2.45, 2.75) is 31.8 Å². The highest BCUT2D eigenvalue weighted by atomic mass is 79.9. The van der Waals surface area contributed by atoms with Crippen molar-refractivity contribution in [3.05, 3.63) is 100 Å². The molecule has 2 aliphatic heterocycles. The Kier molecular flexibility index (Phi) is 7.34. The smallest absolute Gasteiger partial charge is 0.337 e. The van der Waals surface area contributed by atoms with Gasteiger partial charge in [0, 0.05) is 23.2 Å². The Morgan fingerprint density at radius 2 is 1.69 bits per heavy atom. The molecule has 1 saturated heterocycles. The Labute approximate surface area is 221 Å². The van der Waals surface area contributed by atoms with Gasteiger partial charge in [0.05, 0.1) is 44.8 Å². The number of benzene rings is 3. The van der Waals surface area contributed by atoms with Crippen LogP contribution in [0.1, 0.15) is 49.7 Å². The van der Waals surface area contributed by atoms with Crippen molar-refractivity contribution >= 4 is 17.6 Å². The van der Waals surface area contributed by atoms with Crippen LogP contribution in [-0.4, -0.2) is 49.6 Å². The van der Waals surface area contributed by atoms with Crippen molar-refractivity contribution < 1.29 is 40.2 Å². The van der Waals surface area contributed by atoms with Gasteiger partial charge in [-0.25, -0.2) is 9.18 Å². The molecule has 5 rings (SSSR count). The number of hydrogen-bond acceptors (Lipinski definition) is 3. The van der Waals surface area contributed by atoms with Gasteiger partial charge in [-0.05, 0) is 55.0 Å². The number of likely N-dealkylation sites (tertiary alicyclic amines) is 1. The Bertz CT molecular complexity index is 1280. The van der Waals surface area contributed by atoms with Crippen LogP contribution < -0.4 is 21.9 Å². The van der Waals surface area contributed by atoms with Crippen molar-refractivity contribution in [3.8, 4) is 0 Å². The predicted molar refractivity (Wildman–Crippen MR) is 133 cm³/mol. The topological polar surface area (TPSA) is 46.6 Å². The summed E-state index contributed by atoms with van der Waals surface area (Å²) in [7, 11) is 3.66. The lowest BCUT2D eigenvalue weighted by Gasteiger charge is -2.44. The second kappa shape index (κ2) is 10.1. The minimum absolute atomic E-state index is 0. The number of carbonyl (C=O) groups is 2. The molecule has 7 heteroatoms. The number of methoxy groups -OCH3 is 1. The summed E-state index contributed by atoms with van der Waals surface area (Å²) in [6.45, 7) is 4.77. The van der Waals surface area contributed by atoms with Gasteiger partial charge in [-0.2, -0.15) is 0 Å². The maximum absolute atomic E-state index is 13.6. The van der Waals surface area contributed by atoms with Crippen LogP contribution in [0.5, 0.6) is 0 Å². The van der Waals surface area contributed by atoms with Crippen LogP contribution in [0.15, 0.2) is 66.7 Å². The normalized spacial score (nSPS) is 22.3. The summed E-state index contributed by atoms with van der Waals surface area (Å²) < 4.78 is 19.1. The Morgan fingerprint density at radius 1 is 1.03 bits per heavy atom. The molecular weight excluding hydrogens is 523 g/mol. The van der Waals surface area contributed by atoms with E-state index in [0.717, 1.165) is 36.2 Å². The minimum Gasteiger partial charge on any atom is -1.00 e. The fourth-order valence-electron chi connectivity index (χ4n) is 5.76. The minimum atomic E-state index is -0.345. The Balaban J connectivity index is 0.00000304. The van der Waals surface area contributed by atoms with Gasteiger partial charge in [-0.1, -0.05) is 29.8 Å². The summed E-state index contributed by atoms with van der Waals surface area (Å²) >= 11 is 0. The number of ether oxygens (including phenoxy) is 1. The number of nitrogens with zero attached hydrogens (tertiary/aromatic N) is 2. The monoisotopic (exact) mass is 552 g/mol. The maximum Gasteiger partial charge on any atom is 0.337 e. The fraction of sp³-hybridized carbons (Fsp3) is 0.310. The number of esters is 1. The molecule has 2 heterocycles. The molecule has 188 valence electrons. The predicted octanol–water partition coefficient (Wildman–Crippen LogP) is 2.09. The summed E-state index contributed by atoms with van der Waals surface area (Å²) in [5, 5.41) is 0. The van der Waals surface area contributed by atoms with Crippen LogP contribution in [-0.2, 0) is 11.3 Å². The first-order chi connectivity index (χ1) is 16.8. The summed E-state index contributed by atoms with van der Waals surface area (Å²) in [6, 6.07) is 19.9. The number of halogens is 2. The second-order valence-electron chi connectivity index (χ2n) is 10.1. The lowest BCUT2D eigenvalue weighted by Crippen LogP contribution is -3.00.